The number of carbonyl (C=O) groups is 1. The molecular weight excluding hydrogens is 261 g/mol. The Kier molecular flexibility index (Phi) is 5.77. The molecule has 1 fully saturated rings. The molecule has 0 aromatic carbocycles. The number of halogens is 2. The lowest BCUT2D eigenvalue weighted by Gasteiger charge is -2.43. The molecule has 1 N–H and O–H groups in total. The average Bonchev–Trinajstić information content (AvgIpc) is 2.29. The Morgan fingerprint density at radius 3 is 2.47 bits per heavy atom. The van der Waals surface area contributed by atoms with E-state index in [1.165, 1.54) is 12.0 Å². The summed E-state index contributed by atoms with van der Waals surface area (Å²) >= 11 is 11.5. The monoisotopic (exact) mass is 279 g/mol. The smallest absolute Gasteiger partial charge is 0.305 e. The second-order valence-electron chi connectivity index (χ2n) is 4.77. The molecule has 17 heavy (non-hydrogen) atoms. The van der Waals surface area contributed by atoms with Crippen LogP contribution >= 0.6 is 23.2 Å². The van der Waals surface area contributed by atoms with Crippen molar-refractivity contribution < 1.29 is 9.90 Å². The Morgan fingerprint density at radius 2 is 2.00 bits per heavy atom. The summed E-state index contributed by atoms with van der Waals surface area (Å²) in [5.41, 5.74) is 1.08. The maximum Gasteiger partial charge on any atom is 0.305 e. The highest BCUT2D eigenvalue weighted by molar-refractivity contribution is 6.36. The highest BCUT2D eigenvalue weighted by Gasteiger charge is 2.38. The van der Waals surface area contributed by atoms with Gasteiger partial charge in [0.25, 0.3) is 0 Å². The molecule has 0 heterocycles. The molecule has 0 amide bonds. The van der Waals surface area contributed by atoms with E-state index in [0.29, 0.717) is 11.6 Å². The van der Waals surface area contributed by atoms with E-state index in [-0.39, 0.29) is 12.0 Å². The van der Waals surface area contributed by atoms with Crippen molar-refractivity contribution in [3.63, 3.8) is 0 Å². The molecule has 0 unspecified atom stereocenters. The fourth-order valence-electron chi connectivity index (χ4n) is 2.61. The van der Waals surface area contributed by atoms with Gasteiger partial charge in [0.1, 0.15) is 0 Å². The molecule has 1 saturated carbocycles. The normalized spacial score (nSPS) is 20.6. The zero-order chi connectivity index (χ0) is 12.9. The van der Waals surface area contributed by atoms with E-state index in [9.17, 15) is 4.79 Å². The summed E-state index contributed by atoms with van der Waals surface area (Å²) in [4.78, 5) is 13.1. The summed E-state index contributed by atoms with van der Waals surface area (Å²) < 4.78 is 0. The number of likely N-dealkylation sites (N-methyl/N-ethyl adjacent to an activating group) is 1. The van der Waals surface area contributed by atoms with Crippen LogP contribution in [0, 0.1) is 0 Å². The maximum atomic E-state index is 11.0. The van der Waals surface area contributed by atoms with Crippen molar-refractivity contribution >= 4 is 29.2 Å². The zero-order valence-electron chi connectivity index (χ0n) is 10.1. The van der Waals surface area contributed by atoms with Crippen LogP contribution < -0.4 is 0 Å². The number of hydrogen-bond acceptors (Lipinski definition) is 2. The second-order valence-corrected chi connectivity index (χ2v) is 5.47. The summed E-state index contributed by atoms with van der Waals surface area (Å²) in [6.07, 6.45) is 5.37. The fraction of sp³-hybridized carbons (Fsp3) is 0.750. The summed E-state index contributed by atoms with van der Waals surface area (Å²) in [5, 5.41) is 9.62. The van der Waals surface area contributed by atoms with Crippen LogP contribution in [0.15, 0.2) is 10.6 Å². The van der Waals surface area contributed by atoms with Crippen molar-refractivity contribution in [2.75, 3.05) is 13.6 Å². The molecule has 0 aromatic heterocycles. The third kappa shape index (κ3) is 4.16. The Bertz CT molecular complexity index is 299. The minimum absolute atomic E-state index is 0.177. The number of carboxylic acid groups (broad SMARTS) is 1. The van der Waals surface area contributed by atoms with Gasteiger partial charge in [0.05, 0.1) is 6.42 Å². The lowest BCUT2D eigenvalue weighted by molar-refractivity contribution is -0.141. The topological polar surface area (TPSA) is 40.5 Å². The second kappa shape index (κ2) is 6.62. The first kappa shape index (κ1) is 14.8. The van der Waals surface area contributed by atoms with E-state index in [2.05, 4.69) is 0 Å². The van der Waals surface area contributed by atoms with Gasteiger partial charge in [-0.2, -0.15) is 0 Å². The van der Waals surface area contributed by atoms with Crippen LogP contribution in [-0.4, -0.2) is 35.1 Å². The molecule has 0 bridgehead atoms. The van der Waals surface area contributed by atoms with Crippen molar-refractivity contribution in [1.29, 1.82) is 0 Å². The van der Waals surface area contributed by atoms with Gasteiger partial charge in [-0.05, 0) is 19.9 Å². The molecular formula is C12H19Cl2NO2. The quantitative estimate of drug-likeness (QED) is 0.839. The van der Waals surface area contributed by atoms with Crippen LogP contribution in [0.1, 0.15) is 38.5 Å². The molecule has 98 valence electrons. The van der Waals surface area contributed by atoms with E-state index >= 15 is 0 Å². The molecule has 0 radical (unpaired) electrons. The minimum atomic E-state index is -0.746. The molecule has 0 saturated heterocycles. The Hall–Kier alpha value is -0.250. The molecule has 3 nitrogen and oxygen atoms in total. The first-order chi connectivity index (χ1) is 8.00. The predicted molar refractivity (Wildman–Crippen MR) is 70.5 cm³/mol. The van der Waals surface area contributed by atoms with Gasteiger partial charge in [-0.3, -0.25) is 9.69 Å². The number of hydrogen-bond donors (Lipinski definition) is 1. The first-order valence-electron chi connectivity index (χ1n) is 5.88. The lowest BCUT2D eigenvalue weighted by Crippen LogP contribution is -2.49. The molecule has 0 spiro atoms. The van der Waals surface area contributed by atoms with Crippen LogP contribution in [0.2, 0.25) is 0 Å². The van der Waals surface area contributed by atoms with Gasteiger partial charge in [-0.1, -0.05) is 42.5 Å². The van der Waals surface area contributed by atoms with Crippen molar-refractivity contribution in [3.05, 3.63) is 10.6 Å². The number of rotatable bonds is 5. The van der Waals surface area contributed by atoms with Crippen LogP contribution in [0.4, 0.5) is 0 Å². The van der Waals surface area contributed by atoms with Gasteiger partial charge in [0, 0.05) is 22.7 Å². The van der Waals surface area contributed by atoms with Crippen LogP contribution in [-0.2, 0) is 4.79 Å². The van der Waals surface area contributed by atoms with Gasteiger partial charge in [0.2, 0.25) is 0 Å². The Balaban J connectivity index is 2.77. The molecule has 0 atom stereocenters. The number of aliphatic carboxylic acids is 1. The molecule has 0 aliphatic heterocycles. The van der Waals surface area contributed by atoms with Crippen molar-refractivity contribution in [1.82, 2.24) is 4.90 Å². The molecule has 5 heteroatoms. The predicted octanol–water partition coefficient (Wildman–Crippen LogP) is 3.41. The molecule has 1 aliphatic carbocycles. The van der Waals surface area contributed by atoms with Crippen LogP contribution in [0.5, 0.6) is 0 Å². The van der Waals surface area contributed by atoms with E-state index < -0.39 is 5.97 Å². The van der Waals surface area contributed by atoms with E-state index in [0.717, 1.165) is 25.7 Å². The maximum absolute atomic E-state index is 11.0. The largest absolute Gasteiger partial charge is 0.481 e. The summed E-state index contributed by atoms with van der Waals surface area (Å²) in [5.74, 6) is -0.746. The zero-order valence-corrected chi connectivity index (χ0v) is 11.6. The van der Waals surface area contributed by atoms with Gasteiger partial charge < -0.3 is 5.11 Å². The Morgan fingerprint density at radius 1 is 1.41 bits per heavy atom. The summed E-state index contributed by atoms with van der Waals surface area (Å²) in [6.45, 7) is 0.512. The van der Waals surface area contributed by atoms with Gasteiger partial charge >= 0.3 is 5.97 Å². The van der Waals surface area contributed by atoms with E-state index in [1.54, 1.807) is 0 Å². The average molecular weight is 280 g/mol. The van der Waals surface area contributed by atoms with E-state index in [1.807, 2.05) is 11.9 Å². The van der Waals surface area contributed by atoms with Crippen molar-refractivity contribution in [3.8, 4) is 0 Å². The highest BCUT2D eigenvalue weighted by atomic mass is 35.5. The van der Waals surface area contributed by atoms with Gasteiger partial charge in [-0.15, -0.1) is 0 Å². The van der Waals surface area contributed by atoms with Crippen molar-refractivity contribution in [2.24, 2.45) is 0 Å². The molecule has 1 rings (SSSR count). The molecule has 0 aromatic rings. The van der Waals surface area contributed by atoms with Crippen LogP contribution in [0.3, 0.4) is 0 Å². The first-order valence-corrected chi connectivity index (χ1v) is 6.69. The molecule has 1 aliphatic rings. The van der Waals surface area contributed by atoms with E-state index in [4.69, 9.17) is 28.3 Å². The Labute approximate surface area is 112 Å². The van der Waals surface area contributed by atoms with Crippen molar-refractivity contribution in [2.45, 2.75) is 44.1 Å². The third-order valence-corrected chi connectivity index (χ3v) is 4.18. The SMILES string of the molecule is CN(CC(Cl)=CCl)C1(CC(=O)O)CCCCC1. The lowest BCUT2D eigenvalue weighted by atomic mass is 9.78. The summed E-state index contributed by atoms with van der Waals surface area (Å²) in [7, 11) is 1.93. The number of carboxylic acids is 1. The van der Waals surface area contributed by atoms with Gasteiger partial charge in [-0.25, -0.2) is 0 Å². The minimum Gasteiger partial charge on any atom is -0.481 e. The number of nitrogens with zero attached hydrogens (tertiary/aromatic N) is 1. The summed E-state index contributed by atoms with van der Waals surface area (Å²) in [6, 6.07) is 0. The van der Waals surface area contributed by atoms with Crippen LogP contribution in [0.25, 0.3) is 0 Å². The third-order valence-electron chi connectivity index (χ3n) is 3.58. The fourth-order valence-corrected chi connectivity index (χ4v) is 2.86. The van der Waals surface area contributed by atoms with Gasteiger partial charge in [0.15, 0.2) is 0 Å². The highest BCUT2D eigenvalue weighted by Crippen LogP contribution is 2.36. The standard InChI is InChI=1S/C12H19Cl2NO2/c1-15(9-10(14)8-13)12(7-11(16)17)5-3-2-4-6-12/h8H,2-7,9H2,1H3,(H,16,17).